The number of rotatable bonds is 6. The number of hydrogen-bond acceptors (Lipinski definition) is 5. The van der Waals surface area contributed by atoms with E-state index in [1.54, 1.807) is 0 Å². The van der Waals surface area contributed by atoms with Gasteiger partial charge in [-0.25, -0.2) is 12.8 Å². The third kappa shape index (κ3) is 5.76. The largest absolute Gasteiger partial charge is 0.435 e. The van der Waals surface area contributed by atoms with Gasteiger partial charge in [-0.1, -0.05) is 12.5 Å². The van der Waals surface area contributed by atoms with Crippen LogP contribution in [0.1, 0.15) is 36.6 Å². The van der Waals surface area contributed by atoms with Crippen molar-refractivity contribution >= 4 is 21.5 Å². The molecule has 1 fully saturated rings. The number of dihydropyridines is 1. The van der Waals surface area contributed by atoms with Crippen LogP contribution in [0.15, 0.2) is 52.5 Å². The maximum Gasteiger partial charge on any atom is 0.435 e. The van der Waals surface area contributed by atoms with Gasteiger partial charge in [-0.2, -0.15) is 31.4 Å². The van der Waals surface area contributed by atoms with E-state index in [-0.39, 0.29) is 17.7 Å². The van der Waals surface area contributed by atoms with E-state index in [2.05, 4.69) is 15.4 Å². The maximum absolute atomic E-state index is 13.6. The predicted octanol–water partition coefficient (Wildman–Crippen LogP) is 4.41. The van der Waals surface area contributed by atoms with E-state index in [1.165, 1.54) is 0 Å². The second kappa shape index (κ2) is 10.2. The first-order valence-corrected chi connectivity index (χ1v) is 12.9. The first-order valence-electron chi connectivity index (χ1n) is 11.4. The van der Waals surface area contributed by atoms with Crippen molar-refractivity contribution in [2.45, 2.75) is 54.3 Å². The molecular formula is C23H21F7N4O3S. The summed E-state index contributed by atoms with van der Waals surface area (Å²) in [7, 11) is -4.01. The van der Waals surface area contributed by atoms with Gasteiger partial charge in [0.15, 0.2) is 15.5 Å². The summed E-state index contributed by atoms with van der Waals surface area (Å²) in [6.45, 7) is -1.12. The molecule has 2 aromatic rings. The third-order valence-electron chi connectivity index (χ3n) is 6.41. The Hall–Kier alpha value is -3.23. The highest BCUT2D eigenvalue weighted by Gasteiger charge is 2.43. The summed E-state index contributed by atoms with van der Waals surface area (Å²) >= 11 is 0. The van der Waals surface area contributed by atoms with Crippen LogP contribution in [-0.2, 0) is 27.4 Å². The SMILES string of the molecule is O=C(NCc1cn(C2C=CC(C(F)(F)F)=NC2)nc1C(F)(F)F)[C@@H]1CCC[C@@H]1S(=O)(=O)c1ccc(F)cc1. The highest BCUT2D eigenvalue weighted by Crippen LogP contribution is 2.36. The second-order valence-corrected chi connectivity index (χ2v) is 11.1. The van der Waals surface area contributed by atoms with Gasteiger partial charge in [0.1, 0.15) is 11.5 Å². The van der Waals surface area contributed by atoms with Crippen LogP contribution in [-0.4, -0.2) is 47.8 Å². The number of carbonyl (C=O) groups is 1. The molecule has 15 heteroatoms. The van der Waals surface area contributed by atoms with Gasteiger partial charge in [-0.3, -0.25) is 14.5 Å². The molecule has 1 N–H and O–H groups in total. The number of allylic oxidation sites excluding steroid dienone is 1. The van der Waals surface area contributed by atoms with E-state index >= 15 is 0 Å². The lowest BCUT2D eigenvalue weighted by atomic mass is 10.1. The molecule has 2 aliphatic rings. The number of halogens is 7. The van der Waals surface area contributed by atoms with Gasteiger partial charge in [0.05, 0.1) is 28.6 Å². The Kier molecular flexibility index (Phi) is 7.43. The summed E-state index contributed by atoms with van der Waals surface area (Å²) in [5.41, 5.74) is -2.94. The Bertz CT molecular complexity index is 1360. The zero-order chi connectivity index (χ0) is 27.9. The summed E-state index contributed by atoms with van der Waals surface area (Å²) in [5, 5.41) is 4.70. The summed E-state index contributed by atoms with van der Waals surface area (Å²) < 4.78 is 119. The van der Waals surface area contributed by atoms with Crippen molar-refractivity contribution in [1.29, 1.82) is 0 Å². The van der Waals surface area contributed by atoms with Crippen molar-refractivity contribution in [3.63, 3.8) is 0 Å². The van der Waals surface area contributed by atoms with Gasteiger partial charge >= 0.3 is 12.4 Å². The number of nitrogens with one attached hydrogen (secondary N) is 1. The molecule has 0 saturated heterocycles. The monoisotopic (exact) mass is 566 g/mol. The fourth-order valence-electron chi connectivity index (χ4n) is 4.54. The van der Waals surface area contributed by atoms with Gasteiger partial charge in [-0.15, -0.1) is 0 Å². The molecule has 1 aliphatic carbocycles. The third-order valence-corrected chi connectivity index (χ3v) is 8.71. The summed E-state index contributed by atoms with van der Waals surface area (Å²) in [4.78, 5) is 16.1. The molecule has 38 heavy (non-hydrogen) atoms. The Morgan fingerprint density at radius 3 is 2.32 bits per heavy atom. The van der Waals surface area contributed by atoms with Crippen LogP contribution in [0.3, 0.4) is 0 Å². The maximum atomic E-state index is 13.6. The number of sulfone groups is 1. The molecule has 0 radical (unpaired) electrons. The van der Waals surface area contributed by atoms with Crippen LogP contribution in [0, 0.1) is 11.7 Å². The minimum absolute atomic E-state index is 0.151. The molecule has 1 aromatic carbocycles. The van der Waals surface area contributed by atoms with E-state index in [0.717, 1.165) is 41.2 Å². The molecule has 1 aromatic heterocycles. The van der Waals surface area contributed by atoms with Gasteiger partial charge in [0.2, 0.25) is 5.91 Å². The van der Waals surface area contributed by atoms with E-state index in [1.807, 2.05) is 0 Å². The standard InChI is InChI=1S/C23H21F7N4O3S/c24-14-4-7-16(8-5-14)38(36,37)18-3-1-2-17(18)21(35)32-10-13-12-34(33-20(13)23(28,29)30)15-6-9-19(31-11-15)22(25,26)27/h4-9,12,15,17-18H,1-3,10-11H2,(H,32,35)/t15?,17-,18+/m1/s1. The number of hydrogen-bond donors (Lipinski definition) is 1. The Morgan fingerprint density at radius 1 is 1.05 bits per heavy atom. The van der Waals surface area contributed by atoms with Gasteiger partial charge in [0.25, 0.3) is 0 Å². The molecule has 4 rings (SSSR count). The lowest BCUT2D eigenvalue weighted by molar-refractivity contribution is -0.142. The molecular weight excluding hydrogens is 545 g/mol. The Labute approximate surface area is 212 Å². The fourth-order valence-corrected chi connectivity index (χ4v) is 6.58. The minimum atomic E-state index is -4.92. The molecule has 0 spiro atoms. The van der Waals surface area contributed by atoms with Crippen molar-refractivity contribution in [2.24, 2.45) is 10.9 Å². The smallest absolute Gasteiger partial charge is 0.352 e. The summed E-state index contributed by atoms with van der Waals surface area (Å²) in [6.07, 6.45) is -6.23. The van der Waals surface area contributed by atoms with Crippen molar-refractivity contribution in [3.05, 3.63) is 59.7 Å². The van der Waals surface area contributed by atoms with Gasteiger partial charge in [-0.05, 0) is 43.2 Å². The van der Waals surface area contributed by atoms with E-state index < -0.39 is 81.2 Å². The number of alkyl halides is 6. The highest BCUT2D eigenvalue weighted by atomic mass is 32.2. The molecule has 3 atom stereocenters. The number of benzene rings is 1. The van der Waals surface area contributed by atoms with Crippen molar-refractivity contribution < 1.29 is 43.9 Å². The molecule has 7 nitrogen and oxygen atoms in total. The molecule has 1 aliphatic heterocycles. The highest BCUT2D eigenvalue weighted by molar-refractivity contribution is 7.92. The second-order valence-electron chi connectivity index (χ2n) is 8.92. The topological polar surface area (TPSA) is 93.4 Å². The zero-order valence-electron chi connectivity index (χ0n) is 19.4. The van der Waals surface area contributed by atoms with Crippen LogP contribution in [0.4, 0.5) is 30.7 Å². The van der Waals surface area contributed by atoms with E-state index in [4.69, 9.17) is 0 Å². The first kappa shape index (κ1) is 27.8. The van der Waals surface area contributed by atoms with Crippen LogP contribution in [0.5, 0.6) is 0 Å². The number of carbonyl (C=O) groups excluding carboxylic acids is 1. The fraction of sp³-hybridized carbons (Fsp3) is 0.435. The van der Waals surface area contributed by atoms with E-state index in [0.29, 0.717) is 12.5 Å². The zero-order valence-corrected chi connectivity index (χ0v) is 20.2. The number of amides is 1. The summed E-state index contributed by atoms with van der Waals surface area (Å²) in [5.74, 6) is -2.44. The van der Waals surface area contributed by atoms with Crippen LogP contribution >= 0.6 is 0 Å². The quantitative estimate of drug-likeness (QED) is 0.414. The van der Waals surface area contributed by atoms with Gasteiger partial charge < -0.3 is 5.32 Å². The first-order chi connectivity index (χ1) is 17.7. The molecule has 1 saturated carbocycles. The molecule has 206 valence electrons. The Balaban J connectivity index is 1.50. The molecule has 1 unspecified atom stereocenters. The molecule has 2 heterocycles. The number of aliphatic imine (C=N–C) groups is 1. The van der Waals surface area contributed by atoms with Crippen molar-refractivity contribution in [3.8, 4) is 0 Å². The Morgan fingerprint density at radius 2 is 1.74 bits per heavy atom. The minimum Gasteiger partial charge on any atom is -0.352 e. The molecule has 0 bridgehead atoms. The van der Waals surface area contributed by atoms with Gasteiger partial charge in [0, 0.05) is 18.3 Å². The predicted molar refractivity (Wildman–Crippen MR) is 120 cm³/mol. The van der Waals surface area contributed by atoms with Crippen LogP contribution < -0.4 is 5.32 Å². The summed E-state index contributed by atoms with van der Waals surface area (Å²) in [6, 6.07) is 3.12. The number of aromatic nitrogens is 2. The van der Waals surface area contributed by atoms with Crippen molar-refractivity contribution in [1.82, 2.24) is 15.1 Å². The van der Waals surface area contributed by atoms with Crippen LogP contribution in [0.25, 0.3) is 0 Å². The molecule has 1 amide bonds. The average Bonchev–Trinajstić information content (AvgIpc) is 3.50. The van der Waals surface area contributed by atoms with Crippen LogP contribution in [0.2, 0.25) is 0 Å². The van der Waals surface area contributed by atoms with Crippen molar-refractivity contribution in [2.75, 3.05) is 6.54 Å². The number of nitrogens with zero attached hydrogens (tertiary/aromatic N) is 3. The average molecular weight is 566 g/mol. The normalized spacial score (nSPS) is 22.4. The lowest BCUT2D eigenvalue weighted by Crippen LogP contribution is -2.38. The van der Waals surface area contributed by atoms with E-state index in [9.17, 15) is 43.9 Å². The lowest BCUT2D eigenvalue weighted by Gasteiger charge is -2.20.